The molecule has 3 heteroatoms. The summed E-state index contributed by atoms with van der Waals surface area (Å²) in [6.07, 6.45) is 13.0. The van der Waals surface area contributed by atoms with Gasteiger partial charge < -0.3 is 15.2 Å². The van der Waals surface area contributed by atoms with E-state index >= 15 is 0 Å². The van der Waals surface area contributed by atoms with Crippen LogP contribution in [0.4, 0.5) is 0 Å². The van der Waals surface area contributed by atoms with Crippen molar-refractivity contribution in [1.82, 2.24) is 9.47 Å². The van der Waals surface area contributed by atoms with E-state index in [1.54, 1.807) is 0 Å². The number of benzene rings is 2. The molecule has 1 aliphatic carbocycles. The number of likely N-dealkylation sites (tertiary alicyclic amines) is 1. The maximum atomic E-state index is 6.16. The molecule has 184 valence electrons. The molecule has 3 nitrogen and oxygen atoms in total. The molecule has 2 heterocycles. The molecular weight excluding hydrogens is 414 g/mol. The number of aryl methyl sites for hydroxylation is 1. The molecule has 1 atom stereocenters. The summed E-state index contributed by atoms with van der Waals surface area (Å²) in [7, 11) is 0. The Morgan fingerprint density at radius 2 is 1.71 bits per heavy atom. The fraction of sp³-hybridized carbons (Fsp3) is 0.548. The largest absolute Gasteiger partial charge is 0.347 e. The Morgan fingerprint density at radius 3 is 2.47 bits per heavy atom. The number of para-hydroxylation sites is 1. The van der Waals surface area contributed by atoms with Gasteiger partial charge in [-0.05, 0) is 81.8 Å². The van der Waals surface area contributed by atoms with Gasteiger partial charge >= 0.3 is 0 Å². The Labute approximate surface area is 207 Å². The van der Waals surface area contributed by atoms with E-state index < -0.39 is 0 Å². The molecule has 0 bridgehead atoms. The summed E-state index contributed by atoms with van der Waals surface area (Å²) in [6, 6.07) is 18.7. The van der Waals surface area contributed by atoms with Crippen LogP contribution < -0.4 is 5.73 Å². The van der Waals surface area contributed by atoms with Crippen molar-refractivity contribution in [1.29, 1.82) is 0 Å². The van der Waals surface area contributed by atoms with Gasteiger partial charge in [0.15, 0.2) is 0 Å². The Morgan fingerprint density at radius 1 is 0.941 bits per heavy atom. The molecular formula is C31H45N3. The molecule has 2 aliphatic rings. The van der Waals surface area contributed by atoms with Crippen LogP contribution in [0.5, 0.6) is 0 Å². The van der Waals surface area contributed by atoms with Gasteiger partial charge in [-0.1, -0.05) is 74.7 Å². The number of nitrogens with two attached hydrogens (primary N) is 1. The van der Waals surface area contributed by atoms with Gasteiger partial charge in [0.1, 0.15) is 0 Å². The molecule has 0 radical (unpaired) electrons. The zero-order valence-corrected chi connectivity index (χ0v) is 20.4. The Bertz CT molecular complexity index is 1040. The number of aromatic nitrogens is 1. The maximum absolute atomic E-state index is 6.16. The average molecular weight is 460 g/mol. The van der Waals surface area contributed by atoms with Gasteiger partial charge in [-0.3, -0.25) is 0 Å². The predicted octanol–water partition coefficient (Wildman–Crippen LogP) is 7.11. The van der Waals surface area contributed by atoms with E-state index in [1.165, 1.54) is 66.2 Å². The van der Waals surface area contributed by atoms with Gasteiger partial charge in [0.25, 0.3) is 0 Å². The van der Waals surface area contributed by atoms with Crippen molar-refractivity contribution in [2.24, 2.45) is 11.7 Å². The summed E-state index contributed by atoms with van der Waals surface area (Å²) in [5.74, 6) is 1.26. The van der Waals surface area contributed by atoms with Crippen molar-refractivity contribution in [2.75, 3.05) is 19.6 Å². The zero-order chi connectivity index (χ0) is 22.6. The quantitative estimate of drug-likeness (QED) is 0.408. The second kappa shape index (κ2) is 11.6. The first kappa shape index (κ1) is 25.0. The smallest absolute Gasteiger partial charge is 0.0483 e. The topological polar surface area (TPSA) is 34.2 Å². The first-order valence-corrected chi connectivity index (χ1v) is 13.3. The second-order valence-corrected chi connectivity index (χ2v) is 10.7. The van der Waals surface area contributed by atoms with E-state index in [-0.39, 0.29) is 7.43 Å². The molecule has 1 saturated heterocycles. The highest BCUT2D eigenvalue weighted by Crippen LogP contribution is 2.36. The number of nitrogens with zero attached hydrogens (tertiary/aromatic N) is 2. The molecule has 1 aromatic heterocycles. The van der Waals surface area contributed by atoms with Crippen molar-refractivity contribution < 1.29 is 0 Å². The predicted molar refractivity (Wildman–Crippen MR) is 147 cm³/mol. The Balaban J connectivity index is 0.00000274. The third-order valence-corrected chi connectivity index (χ3v) is 8.19. The number of piperidine rings is 1. The van der Waals surface area contributed by atoms with E-state index in [2.05, 4.69) is 71.1 Å². The molecule has 5 rings (SSSR count). The van der Waals surface area contributed by atoms with E-state index in [0.29, 0.717) is 12.0 Å². The highest BCUT2D eigenvalue weighted by Gasteiger charge is 2.24. The zero-order valence-electron chi connectivity index (χ0n) is 20.4. The Hall–Kier alpha value is -2.10. The third kappa shape index (κ3) is 5.75. The van der Waals surface area contributed by atoms with E-state index in [9.17, 15) is 0 Å². The summed E-state index contributed by atoms with van der Waals surface area (Å²) < 4.78 is 2.59. The lowest BCUT2D eigenvalue weighted by atomic mass is 9.87. The molecule has 1 aliphatic heterocycles. The van der Waals surface area contributed by atoms with Crippen molar-refractivity contribution in [3.8, 4) is 0 Å². The third-order valence-electron chi connectivity index (χ3n) is 8.19. The fourth-order valence-corrected chi connectivity index (χ4v) is 6.23. The molecule has 3 aromatic rings. The fourth-order valence-electron chi connectivity index (χ4n) is 6.23. The minimum absolute atomic E-state index is 0. The van der Waals surface area contributed by atoms with E-state index in [0.717, 1.165) is 44.8 Å². The van der Waals surface area contributed by atoms with Gasteiger partial charge in [-0.25, -0.2) is 0 Å². The van der Waals surface area contributed by atoms with Crippen molar-refractivity contribution in [3.05, 3.63) is 71.4 Å². The van der Waals surface area contributed by atoms with E-state index in [4.69, 9.17) is 5.73 Å². The average Bonchev–Trinajstić information content (AvgIpc) is 3.19. The number of rotatable bonds is 7. The van der Waals surface area contributed by atoms with Crippen LogP contribution in [0.25, 0.3) is 10.9 Å². The van der Waals surface area contributed by atoms with Gasteiger partial charge in [0.05, 0.1) is 0 Å². The van der Waals surface area contributed by atoms with Gasteiger partial charge in [0.2, 0.25) is 0 Å². The molecule has 34 heavy (non-hydrogen) atoms. The minimum Gasteiger partial charge on any atom is -0.347 e. The van der Waals surface area contributed by atoms with Crippen LogP contribution in [0, 0.1) is 12.8 Å². The second-order valence-electron chi connectivity index (χ2n) is 10.7. The van der Waals surface area contributed by atoms with E-state index in [1.807, 2.05) is 0 Å². The summed E-state index contributed by atoms with van der Waals surface area (Å²) in [5.41, 5.74) is 11.9. The highest BCUT2D eigenvalue weighted by molar-refractivity contribution is 5.85. The summed E-state index contributed by atoms with van der Waals surface area (Å²) in [5, 5.41) is 1.44. The van der Waals surface area contributed by atoms with Crippen LogP contribution in [0.15, 0.2) is 54.7 Å². The van der Waals surface area contributed by atoms with Gasteiger partial charge in [-0.15, -0.1) is 0 Å². The first-order valence-electron chi connectivity index (χ1n) is 13.3. The summed E-state index contributed by atoms with van der Waals surface area (Å²) in [4.78, 5) is 2.63. The molecule has 0 spiro atoms. The number of hydrogen-bond acceptors (Lipinski definition) is 2. The lowest BCUT2D eigenvalue weighted by Crippen LogP contribution is -2.40. The lowest BCUT2D eigenvalue weighted by molar-refractivity contribution is 0.208. The summed E-state index contributed by atoms with van der Waals surface area (Å²) >= 11 is 0. The SMILES string of the molecule is C.Cc1cccc(C(CCN2CCC(N)CC2)c2cn(CC3CCCCC3)c3ccccc23)c1. The van der Waals surface area contributed by atoms with Crippen LogP contribution in [0.1, 0.15) is 81.4 Å². The molecule has 0 amide bonds. The van der Waals surface area contributed by atoms with Crippen LogP contribution >= 0.6 is 0 Å². The van der Waals surface area contributed by atoms with Gasteiger partial charge in [-0.2, -0.15) is 0 Å². The lowest BCUT2D eigenvalue weighted by Gasteiger charge is -2.31. The van der Waals surface area contributed by atoms with Crippen LogP contribution in [0.2, 0.25) is 0 Å². The molecule has 1 unspecified atom stereocenters. The molecule has 2 aromatic carbocycles. The van der Waals surface area contributed by atoms with Crippen LogP contribution in [-0.4, -0.2) is 35.1 Å². The molecule has 1 saturated carbocycles. The normalized spacial score (nSPS) is 19.2. The minimum atomic E-state index is 0. The highest BCUT2D eigenvalue weighted by atomic mass is 15.1. The maximum Gasteiger partial charge on any atom is 0.0483 e. The molecule has 2 fully saturated rings. The van der Waals surface area contributed by atoms with Crippen LogP contribution in [-0.2, 0) is 6.54 Å². The monoisotopic (exact) mass is 459 g/mol. The van der Waals surface area contributed by atoms with Crippen molar-refractivity contribution >= 4 is 10.9 Å². The van der Waals surface area contributed by atoms with Gasteiger partial charge in [0, 0.05) is 35.6 Å². The van der Waals surface area contributed by atoms with Crippen molar-refractivity contribution in [2.45, 2.75) is 84.2 Å². The van der Waals surface area contributed by atoms with Crippen LogP contribution in [0.3, 0.4) is 0 Å². The number of hydrogen-bond donors (Lipinski definition) is 1. The molecule has 2 N–H and O–H groups in total. The summed E-state index contributed by atoms with van der Waals surface area (Å²) in [6.45, 7) is 6.83. The number of fused-ring (bicyclic) bond motifs is 1. The standard InChI is InChI=1S/C30H41N3.CH4/c1-23-8-7-11-25(20-23)27(16-19-32-17-14-26(31)15-18-32)29-22-33(21-24-9-3-2-4-10-24)30-13-6-5-12-28(29)30;/h5-8,11-13,20,22,24,26-27H,2-4,9-10,14-19,21,31H2,1H3;1H4. The first-order chi connectivity index (χ1) is 16.2. The Kier molecular flexibility index (Phi) is 8.50. The van der Waals surface area contributed by atoms with Crippen molar-refractivity contribution in [3.63, 3.8) is 0 Å².